The summed E-state index contributed by atoms with van der Waals surface area (Å²) in [5, 5.41) is 0.657. The van der Waals surface area contributed by atoms with E-state index >= 15 is 0 Å². The fourth-order valence-corrected chi connectivity index (χ4v) is 2.06. The molecule has 0 unspecified atom stereocenters. The van der Waals surface area contributed by atoms with Crippen LogP contribution in [0.1, 0.15) is 29.4 Å². The third-order valence-electron chi connectivity index (χ3n) is 2.87. The Morgan fingerprint density at radius 1 is 1.35 bits per heavy atom. The Morgan fingerprint density at radius 3 is 2.70 bits per heavy atom. The number of aromatic nitrogens is 1. The number of hydrogen-bond donors (Lipinski definition) is 1. The van der Waals surface area contributed by atoms with Crippen molar-refractivity contribution in [2.75, 3.05) is 5.73 Å². The molecule has 0 spiro atoms. The second kappa shape index (κ2) is 6.48. The van der Waals surface area contributed by atoms with Gasteiger partial charge in [0.25, 0.3) is 0 Å². The molecule has 0 aliphatic rings. The van der Waals surface area contributed by atoms with E-state index in [0.717, 1.165) is 18.5 Å². The third kappa shape index (κ3) is 3.54. The molecule has 20 heavy (non-hydrogen) atoms. The third-order valence-corrected chi connectivity index (χ3v) is 3.13. The molecule has 0 aliphatic carbocycles. The molecular formula is C15H17ClN2O2. The van der Waals surface area contributed by atoms with Crippen LogP contribution in [0.4, 0.5) is 5.69 Å². The first-order valence-corrected chi connectivity index (χ1v) is 6.85. The normalized spacial score (nSPS) is 10.5. The molecule has 106 valence electrons. The summed E-state index contributed by atoms with van der Waals surface area (Å²) in [5.41, 5.74) is 7.67. The minimum atomic E-state index is -0.370. The van der Waals surface area contributed by atoms with E-state index in [1.165, 1.54) is 0 Å². The number of esters is 1. The van der Waals surface area contributed by atoms with Gasteiger partial charge >= 0.3 is 5.97 Å². The molecule has 1 aromatic heterocycles. The predicted molar refractivity (Wildman–Crippen MR) is 79.7 cm³/mol. The van der Waals surface area contributed by atoms with Crippen molar-refractivity contribution < 1.29 is 9.53 Å². The summed E-state index contributed by atoms with van der Waals surface area (Å²) in [5.74, 6) is -0.370. The summed E-state index contributed by atoms with van der Waals surface area (Å²) in [6, 6.07) is 8.83. The minimum absolute atomic E-state index is 0.215. The summed E-state index contributed by atoms with van der Waals surface area (Å²) in [6.07, 6.45) is 2.67. The topological polar surface area (TPSA) is 57.2 Å². The van der Waals surface area contributed by atoms with Crippen molar-refractivity contribution in [3.63, 3.8) is 0 Å². The van der Waals surface area contributed by atoms with Crippen LogP contribution in [0.2, 0.25) is 5.02 Å². The van der Waals surface area contributed by atoms with E-state index in [1.807, 2.05) is 23.6 Å². The Kier molecular flexibility index (Phi) is 4.69. The van der Waals surface area contributed by atoms with Crippen molar-refractivity contribution in [2.24, 2.45) is 0 Å². The maximum atomic E-state index is 12.1. The smallest absolute Gasteiger partial charge is 0.355 e. The lowest BCUT2D eigenvalue weighted by Crippen LogP contribution is -2.11. The van der Waals surface area contributed by atoms with Crippen LogP contribution in [-0.2, 0) is 17.9 Å². The van der Waals surface area contributed by atoms with E-state index in [4.69, 9.17) is 22.1 Å². The lowest BCUT2D eigenvalue weighted by molar-refractivity contribution is 0.0460. The number of nitrogens with two attached hydrogens (primary N) is 1. The second-order valence-electron chi connectivity index (χ2n) is 4.55. The van der Waals surface area contributed by atoms with Crippen LogP contribution in [-0.4, -0.2) is 10.5 Å². The number of hydrogen-bond acceptors (Lipinski definition) is 3. The largest absolute Gasteiger partial charge is 0.456 e. The highest BCUT2D eigenvalue weighted by molar-refractivity contribution is 6.30. The van der Waals surface area contributed by atoms with Crippen molar-refractivity contribution in [1.82, 2.24) is 4.57 Å². The highest BCUT2D eigenvalue weighted by atomic mass is 35.5. The number of carbonyl (C=O) groups excluding carboxylic acids is 1. The van der Waals surface area contributed by atoms with E-state index in [-0.39, 0.29) is 12.6 Å². The number of carbonyl (C=O) groups is 1. The average Bonchev–Trinajstić information content (AvgIpc) is 2.79. The van der Waals surface area contributed by atoms with Crippen LogP contribution in [0.15, 0.2) is 36.5 Å². The van der Waals surface area contributed by atoms with E-state index in [2.05, 4.69) is 0 Å². The zero-order valence-corrected chi connectivity index (χ0v) is 12.1. The molecule has 0 amide bonds. The number of aryl methyl sites for hydroxylation is 1. The standard InChI is InChI=1S/C15H17ClN2O2/c1-2-7-18-9-13(17)8-14(18)15(19)20-10-11-3-5-12(16)6-4-11/h3-6,8-9H,2,7,10,17H2,1H3. The van der Waals surface area contributed by atoms with Gasteiger partial charge in [-0.15, -0.1) is 0 Å². The number of halogens is 1. The molecule has 0 fully saturated rings. The van der Waals surface area contributed by atoms with Gasteiger partial charge in [-0.25, -0.2) is 4.79 Å². The van der Waals surface area contributed by atoms with E-state index < -0.39 is 0 Å². The molecule has 1 aromatic carbocycles. The molecule has 1 heterocycles. The van der Waals surface area contributed by atoms with E-state index in [9.17, 15) is 4.79 Å². The SMILES string of the molecule is CCCn1cc(N)cc1C(=O)OCc1ccc(Cl)cc1. The van der Waals surface area contributed by atoms with Gasteiger partial charge in [-0.1, -0.05) is 30.7 Å². The molecule has 2 rings (SSSR count). The molecule has 0 radical (unpaired) electrons. The van der Waals surface area contributed by atoms with Crippen LogP contribution in [0.5, 0.6) is 0 Å². The van der Waals surface area contributed by atoms with Crippen molar-refractivity contribution in [2.45, 2.75) is 26.5 Å². The monoisotopic (exact) mass is 292 g/mol. The molecule has 0 bridgehead atoms. The fourth-order valence-electron chi connectivity index (χ4n) is 1.93. The lowest BCUT2D eigenvalue weighted by Gasteiger charge is -2.08. The first-order chi connectivity index (χ1) is 9.60. The quantitative estimate of drug-likeness (QED) is 0.858. The van der Waals surface area contributed by atoms with Gasteiger partial charge in [0.2, 0.25) is 0 Å². The lowest BCUT2D eigenvalue weighted by atomic mass is 10.2. The Labute approximate surface area is 123 Å². The predicted octanol–water partition coefficient (Wildman–Crippen LogP) is 3.49. The summed E-state index contributed by atoms with van der Waals surface area (Å²) < 4.78 is 7.11. The summed E-state index contributed by atoms with van der Waals surface area (Å²) in [6.45, 7) is 2.99. The zero-order chi connectivity index (χ0) is 14.5. The number of anilines is 1. The number of rotatable bonds is 5. The van der Waals surface area contributed by atoms with Gasteiger partial charge in [-0.3, -0.25) is 0 Å². The van der Waals surface area contributed by atoms with Gasteiger partial charge < -0.3 is 15.0 Å². The molecule has 5 heteroatoms. The number of nitrogen functional groups attached to an aromatic ring is 1. The number of benzene rings is 1. The molecular weight excluding hydrogens is 276 g/mol. The fraction of sp³-hybridized carbons (Fsp3) is 0.267. The van der Waals surface area contributed by atoms with Gasteiger partial charge in [-0.05, 0) is 30.2 Å². The molecule has 0 atom stereocenters. The van der Waals surface area contributed by atoms with Gasteiger partial charge in [0.1, 0.15) is 12.3 Å². The first-order valence-electron chi connectivity index (χ1n) is 6.47. The van der Waals surface area contributed by atoms with Gasteiger partial charge in [-0.2, -0.15) is 0 Å². The van der Waals surface area contributed by atoms with Crippen molar-refractivity contribution in [1.29, 1.82) is 0 Å². The summed E-state index contributed by atoms with van der Waals surface area (Å²) in [4.78, 5) is 12.1. The van der Waals surface area contributed by atoms with E-state index in [0.29, 0.717) is 16.4 Å². The van der Waals surface area contributed by atoms with Crippen molar-refractivity contribution >= 4 is 23.3 Å². The highest BCUT2D eigenvalue weighted by Crippen LogP contribution is 2.15. The average molecular weight is 293 g/mol. The van der Waals surface area contributed by atoms with Crippen molar-refractivity contribution in [3.8, 4) is 0 Å². The summed E-state index contributed by atoms with van der Waals surface area (Å²) >= 11 is 5.80. The Balaban J connectivity index is 2.03. The maximum absolute atomic E-state index is 12.1. The Morgan fingerprint density at radius 2 is 2.05 bits per heavy atom. The molecule has 2 aromatic rings. The highest BCUT2D eigenvalue weighted by Gasteiger charge is 2.14. The van der Waals surface area contributed by atoms with Gasteiger partial charge in [0, 0.05) is 17.8 Å². The van der Waals surface area contributed by atoms with Crippen LogP contribution in [0, 0.1) is 0 Å². The van der Waals surface area contributed by atoms with Crippen LogP contribution in [0.3, 0.4) is 0 Å². The molecule has 0 saturated carbocycles. The molecule has 0 saturated heterocycles. The maximum Gasteiger partial charge on any atom is 0.355 e. The Bertz CT molecular complexity index is 590. The van der Waals surface area contributed by atoms with Crippen LogP contribution in [0.25, 0.3) is 0 Å². The molecule has 0 aliphatic heterocycles. The van der Waals surface area contributed by atoms with Crippen LogP contribution < -0.4 is 5.73 Å². The first kappa shape index (κ1) is 14.5. The van der Waals surface area contributed by atoms with Crippen molar-refractivity contribution in [3.05, 3.63) is 52.8 Å². The van der Waals surface area contributed by atoms with E-state index in [1.54, 1.807) is 24.4 Å². The van der Waals surface area contributed by atoms with Gasteiger partial charge in [0.15, 0.2) is 0 Å². The number of nitrogens with zero attached hydrogens (tertiary/aromatic N) is 1. The zero-order valence-electron chi connectivity index (χ0n) is 11.3. The second-order valence-corrected chi connectivity index (χ2v) is 4.99. The number of ether oxygens (including phenoxy) is 1. The van der Waals surface area contributed by atoms with Crippen LogP contribution >= 0.6 is 11.6 Å². The van der Waals surface area contributed by atoms with Gasteiger partial charge in [0.05, 0.1) is 5.69 Å². The minimum Gasteiger partial charge on any atom is -0.456 e. The summed E-state index contributed by atoms with van der Waals surface area (Å²) in [7, 11) is 0. The Hall–Kier alpha value is -1.94. The molecule has 4 nitrogen and oxygen atoms in total. The molecule has 2 N–H and O–H groups in total.